The number of hydrogen-bond donors (Lipinski definition) is 0. The molecule has 0 aliphatic rings. The van der Waals surface area contributed by atoms with Gasteiger partial charge in [0.15, 0.2) is 18.9 Å². The Bertz CT molecular complexity index is 1440. The van der Waals surface area contributed by atoms with Crippen molar-refractivity contribution in [1.29, 1.82) is 0 Å². The van der Waals surface area contributed by atoms with E-state index in [9.17, 15) is 0 Å². The van der Waals surface area contributed by atoms with Gasteiger partial charge in [0.25, 0.3) is 0 Å². The van der Waals surface area contributed by atoms with Crippen LogP contribution in [-0.4, -0.2) is 38.7 Å². The quantitative estimate of drug-likeness (QED) is 0.0846. The van der Waals surface area contributed by atoms with E-state index in [4.69, 9.17) is 28.4 Å². The summed E-state index contributed by atoms with van der Waals surface area (Å²) in [4.78, 5) is 0. The van der Waals surface area contributed by atoms with Crippen LogP contribution in [0.5, 0.6) is 17.2 Å². The summed E-state index contributed by atoms with van der Waals surface area (Å²) in [6.07, 6.45) is -0.922. The first-order valence-corrected chi connectivity index (χ1v) is 16.8. The van der Waals surface area contributed by atoms with Crippen molar-refractivity contribution in [3.8, 4) is 17.2 Å². The van der Waals surface area contributed by atoms with Gasteiger partial charge in [-0.15, -0.1) is 0 Å². The molecule has 0 radical (unpaired) electrons. The summed E-state index contributed by atoms with van der Waals surface area (Å²) in [5.74, 6) is 2.34. The predicted octanol–water partition coefficient (Wildman–Crippen LogP) is 9.65. The molecule has 0 aromatic heterocycles. The van der Waals surface area contributed by atoms with Crippen LogP contribution >= 0.6 is 0 Å². The molecule has 0 N–H and O–H groups in total. The first-order chi connectivity index (χ1) is 22.5. The summed E-state index contributed by atoms with van der Waals surface area (Å²) in [6.45, 7) is 20.2. The highest BCUT2D eigenvalue weighted by Gasteiger charge is 2.32. The van der Waals surface area contributed by atoms with E-state index in [-0.39, 0.29) is 24.3 Å². The van der Waals surface area contributed by atoms with E-state index < -0.39 is 5.41 Å². The maximum atomic E-state index is 5.97. The van der Waals surface area contributed by atoms with Gasteiger partial charge in [-0.1, -0.05) is 74.5 Å². The van der Waals surface area contributed by atoms with Gasteiger partial charge in [-0.25, -0.2) is 0 Å². The van der Waals surface area contributed by atoms with Gasteiger partial charge >= 0.3 is 0 Å². The second kappa shape index (κ2) is 16.3. The molecule has 3 unspecified atom stereocenters. The lowest BCUT2D eigenvalue weighted by molar-refractivity contribution is -0.0616. The fourth-order valence-electron chi connectivity index (χ4n) is 5.95. The third-order valence-corrected chi connectivity index (χ3v) is 8.73. The molecule has 4 aromatic carbocycles. The molecule has 4 rings (SSSR count). The molecule has 0 fully saturated rings. The third kappa shape index (κ3) is 8.95. The highest BCUT2D eigenvalue weighted by Crippen LogP contribution is 2.41. The maximum Gasteiger partial charge on any atom is 0.196 e. The molecule has 47 heavy (non-hydrogen) atoms. The van der Waals surface area contributed by atoms with Crippen LogP contribution in [0.1, 0.15) is 90.1 Å². The lowest BCUT2D eigenvalue weighted by Gasteiger charge is -2.33. The summed E-state index contributed by atoms with van der Waals surface area (Å²) in [5, 5.41) is 0. The van der Waals surface area contributed by atoms with E-state index in [1.54, 1.807) is 0 Å². The molecule has 0 spiro atoms. The fourth-order valence-corrected chi connectivity index (χ4v) is 5.95. The first-order valence-electron chi connectivity index (χ1n) is 16.8. The molecule has 0 amide bonds. The van der Waals surface area contributed by atoms with E-state index in [1.165, 1.54) is 16.7 Å². The Morgan fingerprint density at radius 1 is 0.404 bits per heavy atom. The van der Waals surface area contributed by atoms with Crippen LogP contribution in [0.25, 0.3) is 0 Å². The smallest absolute Gasteiger partial charge is 0.196 e. The Labute approximate surface area is 281 Å². The van der Waals surface area contributed by atoms with E-state index >= 15 is 0 Å². The van der Waals surface area contributed by atoms with Gasteiger partial charge in [0, 0.05) is 30.7 Å². The zero-order valence-electron chi connectivity index (χ0n) is 29.5. The summed E-state index contributed by atoms with van der Waals surface area (Å²) >= 11 is 0. The number of benzene rings is 4. The van der Waals surface area contributed by atoms with Crippen LogP contribution in [0, 0.1) is 0 Å². The molecule has 0 heterocycles. The Morgan fingerprint density at radius 2 is 0.638 bits per heavy atom. The monoisotopic (exact) mass is 640 g/mol. The van der Waals surface area contributed by atoms with Gasteiger partial charge in [0.2, 0.25) is 0 Å². The van der Waals surface area contributed by atoms with E-state index in [0.717, 1.165) is 28.4 Å². The van der Waals surface area contributed by atoms with Gasteiger partial charge in [0.1, 0.15) is 17.2 Å². The molecule has 6 heteroatoms. The molecule has 0 saturated carbocycles. The standard InChI is InChI=1S/C41H52O6/c1-10-42-29(4)45-37-23-17-33(18-24-37)40(7,8)32-13-15-34(16-14-32)41(9,35-19-25-38(26-20-35)46-30(5)43-11-2)36-21-27-39(28-22-36)47-31(6)44-12-3/h13-31H,10-12H2,1-9H3. The predicted molar refractivity (Wildman–Crippen MR) is 189 cm³/mol. The summed E-state index contributed by atoms with van der Waals surface area (Å²) in [5.41, 5.74) is 5.24. The zero-order chi connectivity index (χ0) is 34.0. The molecule has 4 aromatic rings. The van der Waals surface area contributed by atoms with E-state index in [0.29, 0.717) is 19.8 Å². The van der Waals surface area contributed by atoms with Crippen LogP contribution < -0.4 is 14.2 Å². The number of rotatable bonds is 17. The van der Waals surface area contributed by atoms with Crippen molar-refractivity contribution < 1.29 is 28.4 Å². The topological polar surface area (TPSA) is 55.4 Å². The van der Waals surface area contributed by atoms with Crippen molar-refractivity contribution in [3.63, 3.8) is 0 Å². The SMILES string of the molecule is CCOC(C)Oc1ccc(C(C)(C)c2ccc(C(C)(c3ccc(OC(C)OCC)cc3)c3ccc(OC(C)OCC)cc3)cc2)cc1. The summed E-state index contributed by atoms with van der Waals surface area (Å²) in [6, 6.07) is 33.9. The van der Waals surface area contributed by atoms with Crippen molar-refractivity contribution in [3.05, 3.63) is 125 Å². The second-order valence-electron chi connectivity index (χ2n) is 12.3. The van der Waals surface area contributed by atoms with Crippen LogP contribution in [0.2, 0.25) is 0 Å². The van der Waals surface area contributed by atoms with Crippen molar-refractivity contribution in [1.82, 2.24) is 0 Å². The average Bonchev–Trinajstić information content (AvgIpc) is 3.06. The highest BCUT2D eigenvalue weighted by molar-refractivity contribution is 5.52. The first kappa shape index (κ1) is 36.0. The van der Waals surface area contributed by atoms with Gasteiger partial charge in [-0.3, -0.25) is 0 Å². The summed E-state index contributed by atoms with van der Waals surface area (Å²) < 4.78 is 34.5. The maximum absolute atomic E-state index is 5.97. The van der Waals surface area contributed by atoms with Crippen LogP contribution in [0.4, 0.5) is 0 Å². The van der Waals surface area contributed by atoms with E-state index in [2.05, 4.69) is 81.4 Å². The molecule has 0 saturated heterocycles. The molecule has 252 valence electrons. The Hall–Kier alpha value is -3.84. The Kier molecular flexibility index (Phi) is 12.5. The Morgan fingerprint density at radius 3 is 0.915 bits per heavy atom. The molecule has 6 nitrogen and oxygen atoms in total. The third-order valence-electron chi connectivity index (χ3n) is 8.73. The lowest BCUT2D eigenvalue weighted by Crippen LogP contribution is -2.26. The normalized spacial score (nSPS) is 14.9. The largest absolute Gasteiger partial charge is 0.465 e. The minimum atomic E-state index is -0.451. The van der Waals surface area contributed by atoms with Crippen molar-refractivity contribution in [2.24, 2.45) is 0 Å². The lowest BCUT2D eigenvalue weighted by atomic mass is 9.70. The van der Waals surface area contributed by atoms with Gasteiger partial charge < -0.3 is 28.4 Å². The number of hydrogen-bond acceptors (Lipinski definition) is 6. The van der Waals surface area contributed by atoms with Crippen molar-refractivity contribution in [2.45, 2.75) is 92.0 Å². The molecule has 0 aliphatic heterocycles. The second-order valence-corrected chi connectivity index (χ2v) is 12.3. The van der Waals surface area contributed by atoms with Crippen LogP contribution in [0.15, 0.2) is 97.1 Å². The van der Waals surface area contributed by atoms with E-state index in [1.807, 2.05) is 77.9 Å². The van der Waals surface area contributed by atoms with Crippen LogP contribution in [-0.2, 0) is 25.0 Å². The number of ether oxygens (including phenoxy) is 6. The molecule has 0 bridgehead atoms. The van der Waals surface area contributed by atoms with Crippen LogP contribution in [0.3, 0.4) is 0 Å². The summed E-state index contributed by atoms with van der Waals surface area (Å²) in [7, 11) is 0. The van der Waals surface area contributed by atoms with Crippen molar-refractivity contribution >= 4 is 0 Å². The Balaban J connectivity index is 1.66. The average molecular weight is 641 g/mol. The van der Waals surface area contributed by atoms with Crippen molar-refractivity contribution in [2.75, 3.05) is 19.8 Å². The highest BCUT2D eigenvalue weighted by atomic mass is 16.7. The molecular weight excluding hydrogens is 588 g/mol. The van der Waals surface area contributed by atoms with Gasteiger partial charge in [-0.05, 0) is 113 Å². The molecule has 3 atom stereocenters. The molecule has 0 aliphatic carbocycles. The minimum Gasteiger partial charge on any atom is -0.465 e. The fraction of sp³-hybridized carbons (Fsp3) is 0.415. The zero-order valence-corrected chi connectivity index (χ0v) is 29.5. The van der Waals surface area contributed by atoms with Gasteiger partial charge in [0.05, 0.1) is 0 Å². The minimum absolute atomic E-state index is 0.217. The van der Waals surface area contributed by atoms with Gasteiger partial charge in [-0.2, -0.15) is 0 Å². The molecular formula is C41H52O6.